The summed E-state index contributed by atoms with van der Waals surface area (Å²) in [6.45, 7) is 4.05. The molecule has 0 aliphatic heterocycles. The van der Waals surface area contributed by atoms with E-state index in [1.807, 2.05) is 21.1 Å². The maximum atomic E-state index is 12.8. The number of phosphoric ester groups is 1. The minimum atomic E-state index is -4.66. The Bertz CT molecular complexity index is 1810. The molecule has 0 aromatic heterocycles. The van der Waals surface area contributed by atoms with Gasteiger partial charge in [-0.15, -0.1) is 0 Å². The fourth-order valence-electron chi connectivity index (χ4n) is 7.48. The zero-order valence-electron chi connectivity index (χ0n) is 49.3. The lowest BCUT2D eigenvalue weighted by Crippen LogP contribution is -2.37. The highest BCUT2D eigenvalue weighted by Crippen LogP contribution is 2.38. The third-order valence-electron chi connectivity index (χ3n) is 12.1. The second kappa shape index (κ2) is 56.6. The predicted octanol–water partition coefficient (Wildman–Crippen LogP) is 18.5. The van der Waals surface area contributed by atoms with Crippen LogP contribution < -0.4 is 4.89 Å². The summed E-state index contributed by atoms with van der Waals surface area (Å²) in [7, 11) is 1.12. The van der Waals surface area contributed by atoms with Gasteiger partial charge in [-0.2, -0.15) is 0 Å². The first kappa shape index (κ1) is 72.9. The number of unbranched alkanes of at least 4 members (excludes halogenated alkanes) is 15. The Kier molecular flexibility index (Phi) is 53.6. The van der Waals surface area contributed by atoms with Crippen molar-refractivity contribution >= 4 is 19.8 Å². The Morgan fingerprint density at radius 3 is 1.13 bits per heavy atom. The summed E-state index contributed by atoms with van der Waals surface area (Å²) in [5.74, 6) is -0.892. The number of hydrogen-bond donors (Lipinski definition) is 0. The second-order valence-corrected chi connectivity index (χ2v) is 22.0. The number of phosphoric acid groups is 1. The van der Waals surface area contributed by atoms with Crippen LogP contribution in [0.5, 0.6) is 0 Å². The Morgan fingerprint density at radius 2 is 0.740 bits per heavy atom. The van der Waals surface area contributed by atoms with Crippen molar-refractivity contribution in [2.75, 3.05) is 47.5 Å². The molecule has 0 bridgehead atoms. The van der Waals surface area contributed by atoms with E-state index in [0.29, 0.717) is 23.9 Å². The summed E-state index contributed by atoms with van der Waals surface area (Å²) in [4.78, 5) is 37.8. The zero-order chi connectivity index (χ0) is 56.3. The Hall–Kier alpha value is -4.11. The standard InChI is InChI=1S/C67H110NO8P/c1-6-8-10-12-14-16-18-20-22-24-25-26-27-28-29-30-31-32-33-34-35-36-37-38-39-40-41-42-43-44-46-48-50-52-54-56-58-60-67(70)76-65(64-75-77(71,72)74-62-61-68(3,4)5)63-73-66(69)59-57-55-53-51-49-47-45-23-21-19-17-15-13-11-9-7-2/h8,10,14,16,20,22-23,25-26,28-29,31-32,34-35,37-38,40-41,43-45,48,50,65H,6-7,9,11-13,15,17-19,21,24,27,30,33,36,39,42,46-47,49,51-64H2,1-5H3/b10-8-,16-14-,22-20-,26-25-,29-28-,32-31-,35-34-,38-37-,41-40-,44-43-,45-23-,50-48-. The molecular formula is C67H110NO8P. The molecule has 0 N–H and O–H groups in total. The van der Waals surface area contributed by atoms with E-state index in [9.17, 15) is 19.0 Å². The SMILES string of the molecule is CC/C=C\C/C=C\C/C=C\C/C=C\C/C=C\C/C=C\C/C=C\C/C=C\C/C=C\C/C=C\C/C=C\CCCCCC(=O)OC(COC(=O)CCCCCCC/C=C\CCCCCCCCC)COP(=O)([O-])OCC[N+](C)(C)C. The first-order valence-electron chi connectivity index (χ1n) is 30.0. The quantitative estimate of drug-likeness (QED) is 0.0195. The zero-order valence-corrected chi connectivity index (χ0v) is 50.2. The second-order valence-electron chi connectivity index (χ2n) is 20.6. The van der Waals surface area contributed by atoms with E-state index in [0.717, 1.165) is 122 Å². The lowest BCUT2D eigenvalue weighted by Gasteiger charge is -2.28. The van der Waals surface area contributed by atoms with E-state index in [-0.39, 0.29) is 26.1 Å². The Morgan fingerprint density at radius 1 is 0.416 bits per heavy atom. The van der Waals surface area contributed by atoms with Gasteiger partial charge in [0.25, 0.3) is 7.82 Å². The van der Waals surface area contributed by atoms with Gasteiger partial charge in [-0.3, -0.25) is 14.2 Å². The van der Waals surface area contributed by atoms with Crippen LogP contribution in [-0.2, 0) is 32.7 Å². The van der Waals surface area contributed by atoms with Gasteiger partial charge in [0, 0.05) is 12.8 Å². The van der Waals surface area contributed by atoms with Crippen LogP contribution in [0.3, 0.4) is 0 Å². The smallest absolute Gasteiger partial charge is 0.306 e. The maximum absolute atomic E-state index is 12.8. The fourth-order valence-corrected chi connectivity index (χ4v) is 8.21. The van der Waals surface area contributed by atoms with Gasteiger partial charge in [-0.25, -0.2) is 0 Å². The molecule has 0 aromatic rings. The van der Waals surface area contributed by atoms with Crippen LogP contribution in [0.4, 0.5) is 0 Å². The molecule has 0 aromatic carbocycles. The van der Waals surface area contributed by atoms with E-state index in [4.69, 9.17) is 18.5 Å². The van der Waals surface area contributed by atoms with Gasteiger partial charge < -0.3 is 27.9 Å². The monoisotopic (exact) mass is 1090 g/mol. The van der Waals surface area contributed by atoms with E-state index < -0.39 is 32.5 Å². The van der Waals surface area contributed by atoms with Crippen molar-refractivity contribution in [1.29, 1.82) is 0 Å². The molecule has 0 fully saturated rings. The number of carbonyl (C=O) groups is 2. The van der Waals surface area contributed by atoms with Gasteiger partial charge in [0.1, 0.15) is 19.8 Å². The third-order valence-corrected chi connectivity index (χ3v) is 13.1. The van der Waals surface area contributed by atoms with E-state index in [1.165, 1.54) is 51.4 Å². The number of nitrogens with zero attached hydrogens (tertiary/aromatic N) is 1. The molecule has 0 heterocycles. The van der Waals surface area contributed by atoms with Crippen molar-refractivity contribution in [1.82, 2.24) is 0 Å². The summed E-state index contributed by atoms with van der Waals surface area (Å²) in [5, 5.41) is 0. The molecule has 0 saturated heterocycles. The van der Waals surface area contributed by atoms with Gasteiger partial charge in [0.15, 0.2) is 6.10 Å². The molecule has 0 rings (SSSR count). The summed E-state index contributed by atoms with van der Waals surface area (Å²) in [6.07, 6.45) is 83.3. The van der Waals surface area contributed by atoms with Crippen molar-refractivity contribution in [2.24, 2.45) is 0 Å². The molecule has 0 spiro atoms. The van der Waals surface area contributed by atoms with E-state index in [1.54, 1.807) is 0 Å². The summed E-state index contributed by atoms with van der Waals surface area (Å²) < 4.78 is 34.1. The number of quaternary nitrogens is 1. The van der Waals surface area contributed by atoms with Crippen LogP contribution >= 0.6 is 7.82 Å². The first-order chi connectivity index (χ1) is 37.5. The van der Waals surface area contributed by atoms with Gasteiger partial charge in [0.2, 0.25) is 0 Å². The molecule has 0 amide bonds. The van der Waals surface area contributed by atoms with Crippen molar-refractivity contribution < 1.29 is 42.1 Å². The lowest BCUT2D eigenvalue weighted by atomic mass is 10.1. The minimum absolute atomic E-state index is 0.0466. The van der Waals surface area contributed by atoms with Crippen molar-refractivity contribution in [2.45, 2.75) is 219 Å². The van der Waals surface area contributed by atoms with Crippen LogP contribution in [0.2, 0.25) is 0 Å². The molecule has 2 atom stereocenters. The molecule has 436 valence electrons. The molecule has 77 heavy (non-hydrogen) atoms. The first-order valence-corrected chi connectivity index (χ1v) is 31.5. The summed E-state index contributed by atoms with van der Waals surface area (Å²) in [5.41, 5.74) is 0. The van der Waals surface area contributed by atoms with Crippen molar-refractivity contribution in [3.8, 4) is 0 Å². The summed E-state index contributed by atoms with van der Waals surface area (Å²) >= 11 is 0. The maximum Gasteiger partial charge on any atom is 0.306 e. The van der Waals surface area contributed by atoms with E-state index in [2.05, 4.69) is 160 Å². The van der Waals surface area contributed by atoms with Gasteiger partial charge in [0.05, 0.1) is 27.7 Å². The molecule has 2 unspecified atom stereocenters. The molecule has 0 saturated carbocycles. The molecular weight excluding hydrogens is 978 g/mol. The van der Waals surface area contributed by atoms with Crippen LogP contribution in [-0.4, -0.2) is 70.0 Å². The van der Waals surface area contributed by atoms with E-state index >= 15 is 0 Å². The molecule has 9 nitrogen and oxygen atoms in total. The highest BCUT2D eigenvalue weighted by atomic mass is 31.2. The Labute approximate surface area is 472 Å². The summed E-state index contributed by atoms with van der Waals surface area (Å²) in [6, 6.07) is 0. The van der Waals surface area contributed by atoms with Gasteiger partial charge in [-0.1, -0.05) is 224 Å². The number of carbonyl (C=O) groups excluding carboxylic acids is 2. The average Bonchev–Trinajstić information content (AvgIpc) is 3.39. The third kappa shape index (κ3) is 61.0. The Balaban J connectivity index is 4.25. The largest absolute Gasteiger partial charge is 0.756 e. The van der Waals surface area contributed by atoms with Gasteiger partial charge in [-0.05, 0) is 122 Å². The normalized spacial score (nSPS) is 14.3. The predicted molar refractivity (Wildman–Crippen MR) is 327 cm³/mol. The van der Waals surface area contributed by atoms with Crippen molar-refractivity contribution in [3.05, 3.63) is 146 Å². The van der Waals surface area contributed by atoms with Crippen LogP contribution in [0, 0.1) is 0 Å². The molecule has 0 aliphatic rings. The van der Waals surface area contributed by atoms with Crippen LogP contribution in [0.25, 0.3) is 0 Å². The highest BCUT2D eigenvalue weighted by Gasteiger charge is 2.21. The van der Waals surface area contributed by atoms with Crippen LogP contribution in [0.1, 0.15) is 213 Å². The number of esters is 2. The topological polar surface area (TPSA) is 111 Å². The highest BCUT2D eigenvalue weighted by molar-refractivity contribution is 7.45. The number of likely N-dealkylation sites (N-methyl/N-ethyl adjacent to an activating group) is 1. The number of hydrogen-bond acceptors (Lipinski definition) is 8. The molecule has 0 radical (unpaired) electrons. The van der Waals surface area contributed by atoms with Crippen LogP contribution in [0.15, 0.2) is 146 Å². The van der Waals surface area contributed by atoms with Crippen molar-refractivity contribution in [3.63, 3.8) is 0 Å². The average molecular weight is 1090 g/mol. The number of ether oxygens (including phenoxy) is 2. The number of allylic oxidation sites excluding steroid dienone is 24. The number of rotatable bonds is 53. The minimum Gasteiger partial charge on any atom is -0.756 e. The van der Waals surface area contributed by atoms with Gasteiger partial charge >= 0.3 is 11.9 Å². The molecule has 0 aliphatic carbocycles. The lowest BCUT2D eigenvalue weighted by molar-refractivity contribution is -0.870. The molecule has 10 heteroatoms. The fraction of sp³-hybridized carbons (Fsp3) is 0.612.